The molecule has 0 saturated carbocycles. The van der Waals surface area contributed by atoms with E-state index in [-0.39, 0.29) is 5.04 Å². The fraction of sp³-hybridized carbons (Fsp3) is 0.370. The van der Waals surface area contributed by atoms with Crippen LogP contribution in [0.2, 0.25) is 18.1 Å². The first kappa shape index (κ1) is 28.0. The topological polar surface area (TPSA) is 84.0 Å². The van der Waals surface area contributed by atoms with Gasteiger partial charge in [0.1, 0.15) is 22.2 Å². The van der Waals surface area contributed by atoms with Crippen LogP contribution in [0.25, 0.3) is 9.53 Å². The molecule has 8 nitrogen and oxygen atoms in total. The number of nitrogens with zero attached hydrogens (tertiary/aromatic N) is 6. The van der Waals surface area contributed by atoms with E-state index in [1.165, 1.54) is 22.7 Å². The van der Waals surface area contributed by atoms with Crippen LogP contribution in [0.4, 0.5) is 27.2 Å². The van der Waals surface area contributed by atoms with Crippen molar-refractivity contribution in [3.63, 3.8) is 0 Å². The van der Waals surface area contributed by atoms with Gasteiger partial charge in [-0.05, 0) is 72.7 Å². The smallest absolute Gasteiger partial charge is 0.231 e. The monoisotopic (exact) mass is 566 g/mol. The van der Waals surface area contributed by atoms with Gasteiger partial charge in [0.25, 0.3) is 0 Å². The van der Waals surface area contributed by atoms with Gasteiger partial charge in [-0.1, -0.05) is 43.4 Å². The Morgan fingerprint density at radius 1 is 0.842 bits per heavy atom. The summed E-state index contributed by atoms with van der Waals surface area (Å²) in [5.74, 6) is 0.791. The minimum Gasteiger partial charge on any atom is -0.491 e. The molecule has 11 heteroatoms. The minimum absolute atomic E-state index is 0.195. The number of fused-ring (bicyclic) bond motifs is 1. The number of benzene rings is 2. The summed E-state index contributed by atoms with van der Waals surface area (Å²) in [6.07, 6.45) is 0. The van der Waals surface area contributed by atoms with Crippen molar-refractivity contribution in [1.82, 2.24) is 4.98 Å². The highest BCUT2D eigenvalue weighted by Crippen LogP contribution is 2.39. The molecule has 2 aromatic heterocycles. The van der Waals surface area contributed by atoms with Gasteiger partial charge in [-0.15, -0.1) is 20.5 Å². The Kier molecular flexibility index (Phi) is 8.71. The number of rotatable bonds is 10. The van der Waals surface area contributed by atoms with Gasteiger partial charge in [0.05, 0.1) is 22.7 Å². The second-order valence-electron chi connectivity index (χ2n) is 10.5. The first-order valence-electron chi connectivity index (χ1n) is 12.4. The van der Waals surface area contributed by atoms with Crippen molar-refractivity contribution in [2.24, 2.45) is 20.5 Å². The van der Waals surface area contributed by atoms with E-state index in [9.17, 15) is 0 Å². The van der Waals surface area contributed by atoms with Crippen molar-refractivity contribution >= 4 is 67.7 Å². The van der Waals surface area contributed by atoms with Crippen molar-refractivity contribution < 1.29 is 9.16 Å². The second-order valence-corrected chi connectivity index (χ2v) is 17.3. The maximum absolute atomic E-state index is 6.16. The summed E-state index contributed by atoms with van der Waals surface area (Å²) in [4.78, 5) is 7.49. The molecule has 200 valence electrons. The van der Waals surface area contributed by atoms with Crippen molar-refractivity contribution in [2.45, 2.75) is 38.9 Å². The molecule has 0 N–H and O–H groups in total. The quantitative estimate of drug-likeness (QED) is 0.109. The number of thiophene rings is 1. The van der Waals surface area contributed by atoms with Crippen LogP contribution in [0.3, 0.4) is 0 Å². The van der Waals surface area contributed by atoms with Crippen molar-refractivity contribution in [1.29, 1.82) is 0 Å². The van der Waals surface area contributed by atoms with E-state index in [0.29, 0.717) is 18.3 Å². The van der Waals surface area contributed by atoms with Gasteiger partial charge in [-0.3, -0.25) is 0 Å². The highest BCUT2D eigenvalue weighted by atomic mass is 32.1. The first-order chi connectivity index (χ1) is 18.0. The summed E-state index contributed by atoms with van der Waals surface area (Å²) >= 11 is 2.97. The molecule has 0 aliphatic heterocycles. The third-order valence-electron chi connectivity index (χ3n) is 6.40. The first-order valence-corrected chi connectivity index (χ1v) is 16.9. The zero-order valence-electron chi connectivity index (χ0n) is 22.9. The summed E-state index contributed by atoms with van der Waals surface area (Å²) in [6.45, 7) is 12.3. The van der Waals surface area contributed by atoms with Gasteiger partial charge in [0.15, 0.2) is 8.32 Å². The van der Waals surface area contributed by atoms with E-state index >= 15 is 0 Å². The third-order valence-corrected chi connectivity index (χ3v) is 12.9. The zero-order valence-corrected chi connectivity index (χ0v) is 25.6. The summed E-state index contributed by atoms with van der Waals surface area (Å²) in [6, 6.07) is 17.5. The number of hydrogen-bond acceptors (Lipinski definition) is 10. The lowest BCUT2D eigenvalue weighted by molar-refractivity contribution is 0.203. The van der Waals surface area contributed by atoms with Crippen LogP contribution < -0.4 is 9.64 Å². The van der Waals surface area contributed by atoms with E-state index in [2.05, 4.69) is 59.3 Å². The fourth-order valence-electron chi connectivity index (χ4n) is 3.11. The summed E-state index contributed by atoms with van der Waals surface area (Å²) in [5.41, 5.74) is 2.67. The maximum Gasteiger partial charge on any atom is 0.231 e. The Morgan fingerprint density at radius 3 is 2.08 bits per heavy atom. The Bertz CT molecular complexity index is 1370. The number of azo groups is 2. The highest BCUT2D eigenvalue weighted by molar-refractivity contribution is 7.30. The Balaban J connectivity index is 1.29. The molecule has 38 heavy (non-hydrogen) atoms. The zero-order chi connectivity index (χ0) is 27.3. The number of anilines is 1. The Hall–Kier alpha value is -2.99. The lowest BCUT2D eigenvalue weighted by atomic mass is 10.2. The van der Waals surface area contributed by atoms with Crippen LogP contribution in [0.5, 0.6) is 5.75 Å². The number of aromatic nitrogens is 1. The van der Waals surface area contributed by atoms with Crippen molar-refractivity contribution in [3.8, 4) is 5.75 Å². The standard InChI is InChI=1S/C27H34N6O2S2Si/c1-27(2,3)38(6,7)35-17-16-34-22-14-10-20(11-15-22)29-31-24-18-23-25(37-24)28-26(36-23)32-30-19-8-12-21(13-9-19)33(4)5/h8-15,18H,16-17H2,1-7H3. The molecule has 0 amide bonds. The van der Waals surface area contributed by atoms with Gasteiger partial charge < -0.3 is 14.1 Å². The highest BCUT2D eigenvalue weighted by Gasteiger charge is 2.36. The average molecular weight is 567 g/mol. The molecular formula is C27H34N6O2S2Si. The van der Waals surface area contributed by atoms with Crippen LogP contribution >= 0.6 is 22.7 Å². The van der Waals surface area contributed by atoms with Crippen LogP contribution in [-0.4, -0.2) is 40.6 Å². The fourth-order valence-corrected chi connectivity index (χ4v) is 5.99. The van der Waals surface area contributed by atoms with Crippen LogP contribution in [-0.2, 0) is 4.43 Å². The van der Waals surface area contributed by atoms with E-state index in [0.717, 1.165) is 37.3 Å². The minimum atomic E-state index is -1.75. The molecule has 0 radical (unpaired) electrons. The predicted molar refractivity (Wildman–Crippen MR) is 162 cm³/mol. The summed E-state index contributed by atoms with van der Waals surface area (Å²) in [5, 5.41) is 19.0. The van der Waals surface area contributed by atoms with E-state index < -0.39 is 8.32 Å². The van der Waals surface area contributed by atoms with Gasteiger partial charge in [-0.25, -0.2) is 4.98 Å². The summed E-state index contributed by atoms with van der Waals surface area (Å²) < 4.78 is 13.0. The van der Waals surface area contributed by atoms with Gasteiger partial charge in [-0.2, -0.15) is 0 Å². The van der Waals surface area contributed by atoms with Gasteiger partial charge in [0, 0.05) is 19.8 Å². The average Bonchev–Trinajstić information content (AvgIpc) is 3.43. The van der Waals surface area contributed by atoms with Crippen LogP contribution in [0.15, 0.2) is 75.1 Å². The van der Waals surface area contributed by atoms with Crippen molar-refractivity contribution in [3.05, 3.63) is 54.6 Å². The summed E-state index contributed by atoms with van der Waals surface area (Å²) in [7, 11) is 2.26. The van der Waals surface area contributed by atoms with Gasteiger partial charge >= 0.3 is 0 Å². The number of ether oxygens (including phenoxy) is 1. The molecule has 4 aromatic rings. The van der Waals surface area contributed by atoms with Crippen LogP contribution in [0, 0.1) is 0 Å². The van der Waals surface area contributed by atoms with E-state index in [1.54, 1.807) is 0 Å². The molecule has 0 aliphatic carbocycles. The molecule has 0 spiro atoms. The van der Waals surface area contributed by atoms with E-state index in [1.807, 2.05) is 73.6 Å². The molecule has 0 fully saturated rings. The molecule has 0 atom stereocenters. The molecule has 0 unspecified atom stereocenters. The molecule has 4 rings (SSSR count). The van der Waals surface area contributed by atoms with Crippen LogP contribution in [0.1, 0.15) is 20.8 Å². The lowest BCUT2D eigenvalue weighted by Gasteiger charge is -2.36. The molecule has 2 aromatic carbocycles. The SMILES string of the molecule is CN(C)c1ccc(N=Nc2nc3sc(N=Nc4ccc(OCCO[Si](C)(C)C(C)(C)C)cc4)cc3s2)cc1. The number of hydrogen-bond donors (Lipinski definition) is 0. The molecule has 2 heterocycles. The van der Waals surface area contributed by atoms with Crippen molar-refractivity contribution in [2.75, 3.05) is 32.2 Å². The number of thiazole rings is 1. The molecule has 0 aliphatic rings. The Morgan fingerprint density at radius 2 is 1.47 bits per heavy atom. The largest absolute Gasteiger partial charge is 0.491 e. The molecule has 0 saturated heterocycles. The van der Waals surface area contributed by atoms with E-state index in [4.69, 9.17) is 9.16 Å². The predicted octanol–water partition coefficient (Wildman–Crippen LogP) is 9.66. The molecule has 0 bridgehead atoms. The second kappa shape index (κ2) is 11.8. The van der Waals surface area contributed by atoms with Gasteiger partial charge in [0.2, 0.25) is 5.13 Å². The third kappa shape index (κ3) is 7.31. The lowest BCUT2D eigenvalue weighted by Crippen LogP contribution is -2.41. The normalized spacial score (nSPS) is 12.7. The molecular weight excluding hydrogens is 533 g/mol. The maximum atomic E-state index is 6.16. The Labute approximate surface area is 233 Å².